The molecule has 98 valence electrons. The van der Waals surface area contributed by atoms with Crippen LogP contribution in [-0.2, 0) is 0 Å². The smallest absolute Gasteiger partial charge is 0.188 e. The summed E-state index contributed by atoms with van der Waals surface area (Å²) in [4.78, 5) is 3.86. The Morgan fingerprint density at radius 2 is 2.05 bits per heavy atom. The molecule has 0 atom stereocenters. The summed E-state index contributed by atoms with van der Waals surface area (Å²) < 4.78 is 31.2. The van der Waals surface area contributed by atoms with Gasteiger partial charge in [-0.1, -0.05) is 5.16 Å². The maximum atomic E-state index is 13.3. The van der Waals surface area contributed by atoms with E-state index in [0.29, 0.717) is 6.07 Å². The first-order valence-electron chi connectivity index (χ1n) is 5.17. The third-order valence-corrected chi connectivity index (χ3v) is 2.23. The summed E-state index contributed by atoms with van der Waals surface area (Å²) in [6.07, 6.45) is 1.27. The van der Waals surface area contributed by atoms with Gasteiger partial charge in [-0.15, -0.1) is 0 Å². The first-order valence-corrected chi connectivity index (χ1v) is 5.17. The maximum Gasteiger partial charge on any atom is 0.188 e. The molecule has 19 heavy (non-hydrogen) atoms. The van der Waals surface area contributed by atoms with Crippen molar-refractivity contribution in [2.24, 2.45) is 10.9 Å². The number of rotatable bonds is 3. The van der Waals surface area contributed by atoms with Gasteiger partial charge in [-0.3, -0.25) is 0 Å². The lowest BCUT2D eigenvalue weighted by Crippen LogP contribution is -2.14. The van der Waals surface area contributed by atoms with Crippen LogP contribution in [-0.4, -0.2) is 16.0 Å². The Morgan fingerprint density at radius 1 is 1.26 bits per heavy atom. The van der Waals surface area contributed by atoms with E-state index in [1.807, 2.05) is 0 Å². The number of oxime groups is 1. The number of pyridine rings is 1. The zero-order valence-electron chi connectivity index (χ0n) is 9.55. The standard InChI is InChI=1S/C12H9F2N3O2/c13-7-1-4-11(9(14)5-7)19-8-2-3-10(16-6-8)12(15)17-18/h1-6,18H,(H2,15,17). The fourth-order valence-corrected chi connectivity index (χ4v) is 1.33. The predicted octanol–water partition coefficient (Wildman–Crippen LogP) is 2.25. The van der Waals surface area contributed by atoms with Gasteiger partial charge in [0.1, 0.15) is 17.3 Å². The molecule has 0 saturated heterocycles. The quantitative estimate of drug-likeness (QED) is 0.386. The molecule has 0 aliphatic heterocycles. The van der Waals surface area contributed by atoms with Crippen LogP contribution in [0.2, 0.25) is 0 Å². The minimum Gasteiger partial charge on any atom is -0.453 e. The second-order valence-corrected chi connectivity index (χ2v) is 3.54. The second kappa shape index (κ2) is 5.30. The lowest BCUT2D eigenvalue weighted by atomic mass is 10.3. The molecule has 7 heteroatoms. The highest BCUT2D eigenvalue weighted by molar-refractivity contribution is 5.95. The summed E-state index contributed by atoms with van der Waals surface area (Å²) in [6.45, 7) is 0. The monoisotopic (exact) mass is 265 g/mol. The summed E-state index contributed by atoms with van der Waals surface area (Å²) in [5.41, 5.74) is 5.58. The number of ether oxygens (including phenoxy) is 1. The average Bonchev–Trinajstić information content (AvgIpc) is 2.42. The first-order chi connectivity index (χ1) is 9.10. The number of nitrogens with zero attached hydrogens (tertiary/aromatic N) is 2. The van der Waals surface area contributed by atoms with Crippen molar-refractivity contribution in [3.05, 3.63) is 53.9 Å². The van der Waals surface area contributed by atoms with Crippen LogP contribution in [0.5, 0.6) is 11.5 Å². The largest absolute Gasteiger partial charge is 0.453 e. The van der Waals surface area contributed by atoms with Gasteiger partial charge in [-0.25, -0.2) is 13.8 Å². The molecular weight excluding hydrogens is 256 g/mol. The van der Waals surface area contributed by atoms with Crippen molar-refractivity contribution < 1.29 is 18.7 Å². The highest BCUT2D eigenvalue weighted by Gasteiger charge is 2.07. The van der Waals surface area contributed by atoms with Gasteiger partial charge in [0.2, 0.25) is 0 Å². The van der Waals surface area contributed by atoms with Gasteiger partial charge in [-0.05, 0) is 24.3 Å². The molecule has 0 spiro atoms. The molecule has 2 rings (SSSR count). The Hall–Kier alpha value is -2.70. The zero-order chi connectivity index (χ0) is 13.8. The van der Waals surface area contributed by atoms with Crippen LogP contribution in [0, 0.1) is 11.6 Å². The molecule has 0 aliphatic rings. The van der Waals surface area contributed by atoms with E-state index in [-0.39, 0.29) is 23.0 Å². The molecule has 0 radical (unpaired) electrons. The van der Waals surface area contributed by atoms with Gasteiger partial charge in [0, 0.05) is 6.07 Å². The molecule has 1 heterocycles. The van der Waals surface area contributed by atoms with Gasteiger partial charge in [0.25, 0.3) is 0 Å². The number of aromatic nitrogens is 1. The lowest BCUT2D eigenvalue weighted by molar-refractivity contribution is 0.318. The maximum absolute atomic E-state index is 13.3. The van der Waals surface area contributed by atoms with Crippen LogP contribution >= 0.6 is 0 Å². The fraction of sp³-hybridized carbons (Fsp3) is 0. The van der Waals surface area contributed by atoms with Crippen molar-refractivity contribution >= 4 is 5.84 Å². The van der Waals surface area contributed by atoms with Crippen LogP contribution in [0.4, 0.5) is 8.78 Å². The molecule has 5 nitrogen and oxygen atoms in total. The first kappa shape index (κ1) is 12.7. The van der Waals surface area contributed by atoms with Crippen molar-refractivity contribution in [2.75, 3.05) is 0 Å². The third-order valence-electron chi connectivity index (χ3n) is 2.23. The summed E-state index contributed by atoms with van der Waals surface area (Å²) in [5, 5.41) is 11.2. The zero-order valence-corrected chi connectivity index (χ0v) is 9.55. The minimum atomic E-state index is -0.819. The van der Waals surface area contributed by atoms with Crippen LogP contribution in [0.25, 0.3) is 0 Å². The Bertz CT molecular complexity index is 615. The van der Waals surface area contributed by atoms with E-state index >= 15 is 0 Å². The third kappa shape index (κ3) is 2.95. The van der Waals surface area contributed by atoms with Crippen molar-refractivity contribution in [1.82, 2.24) is 4.98 Å². The van der Waals surface area contributed by atoms with Crippen LogP contribution in [0.3, 0.4) is 0 Å². The number of hydrogen-bond donors (Lipinski definition) is 2. The fourth-order valence-electron chi connectivity index (χ4n) is 1.33. The Morgan fingerprint density at radius 3 is 2.63 bits per heavy atom. The molecule has 0 saturated carbocycles. The lowest BCUT2D eigenvalue weighted by Gasteiger charge is -2.06. The molecule has 0 unspecified atom stereocenters. The minimum absolute atomic E-state index is 0.125. The molecular formula is C12H9F2N3O2. The Kier molecular flexibility index (Phi) is 3.56. The van der Waals surface area contributed by atoms with Gasteiger partial charge in [-0.2, -0.15) is 0 Å². The van der Waals surface area contributed by atoms with Gasteiger partial charge in [0.15, 0.2) is 17.4 Å². The number of nitrogens with two attached hydrogens (primary N) is 1. The van der Waals surface area contributed by atoms with Crippen LogP contribution in [0.15, 0.2) is 41.7 Å². The van der Waals surface area contributed by atoms with Gasteiger partial charge < -0.3 is 15.7 Å². The molecule has 0 aliphatic carbocycles. The van der Waals surface area contributed by atoms with E-state index in [4.69, 9.17) is 15.7 Å². The SMILES string of the molecule is N/C(=N/O)c1ccc(Oc2ccc(F)cc2F)cn1. The van der Waals surface area contributed by atoms with Gasteiger partial charge in [0.05, 0.1) is 6.20 Å². The van der Waals surface area contributed by atoms with Crippen LogP contribution < -0.4 is 10.5 Å². The molecule has 0 amide bonds. The highest BCUT2D eigenvalue weighted by Crippen LogP contribution is 2.24. The normalized spacial score (nSPS) is 11.4. The Balaban J connectivity index is 2.20. The van der Waals surface area contributed by atoms with Crippen molar-refractivity contribution in [1.29, 1.82) is 0 Å². The van der Waals surface area contributed by atoms with E-state index in [1.165, 1.54) is 24.4 Å². The predicted molar refractivity (Wildman–Crippen MR) is 63.2 cm³/mol. The summed E-state index contributed by atoms with van der Waals surface area (Å²) in [6, 6.07) is 5.86. The van der Waals surface area contributed by atoms with E-state index in [2.05, 4.69) is 10.1 Å². The molecule has 3 N–H and O–H groups in total. The second-order valence-electron chi connectivity index (χ2n) is 3.54. The van der Waals surface area contributed by atoms with Gasteiger partial charge >= 0.3 is 0 Å². The van der Waals surface area contributed by atoms with Crippen molar-refractivity contribution in [3.8, 4) is 11.5 Å². The van der Waals surface area contributed by atoms with Crippen molar-refractivity contribution in [3.63, 3.8) is 0 Å². The number of halogens is 2. The Labute approximate surface area is 107 Å². The van der Waals surface area contributed by atoms with E-state index in [9.17, 15) is 8.78 Å². The topological polar surface area (TPSA) is 80.7 Å². The summed E-state index contributed by atoms with van der Waals surface area (Å²) in [5.74, 6) is -1.55. The molecule has 0 fully saturated rings. The molecule has 1 aromatic heterocycles. The molecule has 2 aromatic rings. The van der Waals surface area contributed by atoms with Crippen LogP contribution in [0.1, 0.15) is 5.69 Å². The molecule has 1 aromatic carbocycles. The number of hydrogen-bond acceptors (Lipinski definition) is 4. The summed E-state index contributed by atoms with van der Waals surface area (Å²) >= 11 is 0. The van der Waals surface area contributed by atoms with E-state index < -0.39 is 11.6 Å². The van der Waals surface area contributed by atoms with E-state index in [0.717, 1.165) is 6.07 Å². The highest BCUT2D eigenvalue weighted by atomic mass is 19.1. The summed E-state index contributed by atoms with van der Waals surface area (Å²) in [7, 11) is 0. The van der Waals surface area contributed by atoms with E-state index in [1.54, 1.807) is 0 Å². The number of benzene rings is 1. The average molecular weight is 265 g/mol. The van der Waals surface area contributed by atoms with Crippen molar-refractivity contribution in [2.45, 2.75) is 0 Å². The number of amidine groups is 1. The molecule has 0 bridgehead atoms.